The maximum Gasteiger partial charge on any atom is 0.251 e. The third-order valence-corrected chi connectivity index (χ3v) is 10.2. The molecule has 226 valence electrons. The van der Waals surface area contributed by atoms with Crippen molar-refractivity contribution in [2.24, 2.45) is 5.92 Å². The lowest BCUT2D eigenvalue weighted by molar-refractivity contribution is -0.125. The van der Waals surface area contributed by atoms with Crippen LogP contribution >= 0.6 is 11.3 Å². The highest BCUT2D eigenvalue weighted by Crippen LogP contribution is 2.34. The maximum absolute atomic E-state index is 13.6. The van der Waals surface area contributed by atoms with Crippen molar-refractivity contribution in [2.75, 3.05) is 6.54 Å². The number of thiazole rings is 1. The van der Waals surface area contributed by atoms with Crippen LogP contribution in [0.1, 0.15) is 76.7 Å². The number of amides is 2. The summed E-state index contributed by atoms with van der Waals surface area (Å²) in [5.74, 6) is -1.47. The van der Waals surface area contributed by atoms with Crippen molar-refractivity contribution < 1.29 is 31.7 Å². The second-order valence-corrected chi connectivity index (χ2v) is 14.2. The molecule has 4 aromatic rings. The number of ketones is 1. The van der Waals surface area contributed by atoms with Crippen molar-refractivity contribution in [1.29, 1.82) is 0 Å². The summed E-state index contributed by atoms with van der Waals surface area (Å²) < 4.78 is 46.5. The minimum absolute atomic E-state index is 0.00434. The number of hydrogen-bond acceptors (Lipinski definition) is 9. The van der Waals surface area contributed by atoms with Crippen LogP contribution in [0, 0.1) is 11.7 Å². The number of benzene rings is 2. The number of rotatable bonds is 13. The van der Waals surface area contributed by atoms with Crippen LogP contribution in [0.2, 0.25) is 0 Å². The van der Waals surface area contributed by atoms with Gasteiger partial charge in [0.2, 0.25) is 5.91 Å². The molecule has 5 rings (SSSR count). The van der Waals surface area contributed by atoms with E-state index in [4.69, 9.17) is 4.52 Å². The summed E-state index contributed by atoms with van der Waals surface area (Å²) in [6.45, 7) is 3.81. The molecule has 10 nitrogen and oxygen atoms in total. The maximum atomic E-state index is 13.6. The summed E-state index contributed by atoms with van der Waals surface area (Å²) in [6, 6.07) is 11.5. The van der Waals surface area contributed by atoms with E-state index in [9.17, 15) is 27.2 Å². The van der Waals surface area contributed by atoms with Crippen molar-refractivity contribution in [1.82, 2.24) is 20.8 Å². The lowest BCUT2D eigenvalue weighted by atomic mass is 10.1. The summed E-state index contributed by atoms with van der Waals surface area (Å²) in [4.78, 5) is 42.9. The normalized spacial score (nSPS) is 14.1. The minimum atomic E-state index is -4.21. The first kappa shape index (κ1) is 30.5. The van der Waals surface area contributed by atoms with Crippen LogP contribution in [0.4, 0.5) is 4.39 Å². The van der Waals surface area contributed by atoms with Crippen molar-refractivity contribution in [3.63, 3.8) is 0 Å². The van der Waals surface area contributed by atoms with Crippen molar-refractivity contribution >= 4 is 49.0 Å². The fourth-order valence-corrected chi connectivity index (χ4v) is 7.58. The van der Waals surface area contributed by atoms with Crippen LogP contribution in [0.25, 0.3) is 10.2 Å². The van der Waals surface area contributed by atoms with Crippen molar-refractivity contribution in [3.8, 4) is 0 Å². The smallest absolute Gasteiger partial charge is 0.251 e. The number of halogens is 1. The van der Waals surface area contributed by atoms with Crippen LogP contribution in [0.3, 0.4) is 0 Å². The van der Waals surface area contributed by atoms with Crippen LogP contribution in [-0.4, -0.2) is 42.7 Å². The monoisotopic (exact) mass is 626 g/mol. The Morgan fingerprint density at radius 2 is 1.81 bits per heavy atom. The Labute approximate surface area is 252 Å². The van der Waals surface area contributed by atoms with Gasteiger partial charge in [-0.3, -0.25) is 14.4 Å². The summed E-state index contributed by atoms with van der Waals surface area (Å²) in [5.41, 5.74) is 1.71. The van der Waals surface area contributed by atoms with Gasteiger partial charge < -0.3 is 15.2 Å². The van der Waals surface area contributed by atoms with Crippen LogP contribution in [-0.2, 0) is 31.7 Å². The lowest BCUT2D eigenvalue weighted by Gasteiger charge is -2.15. The SMILES string of the molecule is CC(C)c1cc(CNC(=O)c2ccc3sc(C(C(=O)NCC(=O)CC4CC4)S(=O)(=O)Cc4ccc(F)cc4)nc3c2)on1. The molecule has 43 heavy (non-hydrogen) atoms. The van der Waals surface area contributed by atoms with Gasteiger partial charge in [-0.05, 0) is 60.6 Å². The highest BCUT2D eigenvalue weighted by molar-refractivity contribution is 7.91. The van der Waals surface area contributed by atoms with Gasteiger partial charge in [0, 0.05) is 18.1 Å². The summed E-state index contributed by atoms with van der Waals surface area (Å²) in [6.07, 6.45) is 2.28. The quantitative estimate of drug-likeness (QED) is 0.219. The number of Topliss-reactive ketones (excluding diaryl/α,β-unsaturated/α-hetero) is 1. The number of fused-ring (bicyclic) bond motifs is 1. The number of nitrogens with zero attached hydrogens (tertiary/aromatic N) is 2. The lowest BCUT2D eigenvalue weighted by Crippen LogP contribution is -2.37. The van der Waals surface area contributed by atoms with E-state index in [1.54, 1.807) is 18.2 Å². The molecule has 2 amide bonds. The van der Waals surface area contributed by atoms with Gasteiger partial charge in [-0.2, -0.15) is 0 Å². The Kier molecular flexibility index (Phi) is 9.02. The summed E-state index contributed by atoms with van der Waals surface area (Å²) in [7, 11) is -4.21. The van der Waals surface area contributed by atoms with Gasteiger partial charge in [-0.1, -0.05) is 31.1 Å². The zero-order chi connectivity index (χ0) is 30.7. The molecule has 1 saturated carbocycles. The highest BCUT2D eigenvalue weighted by Gasteiger charge is 2.37. The highest BCUT2D eigenvalue weighted by atomic mass is 32.2. The Bertz CT molecular complexity index is 1760. The number of aromatic nitrogens is 2. The molecular weight excluding hydrogens is 595 g/mol. The largest absolute Gasteiger partial charge is 0.359 e. The number of carbonyl (C=O) groups is 3. The average molecular weight is 627 g/mol. The van der Waals surface area contributed by atoms with Gasteiger partial charge in [0.1, 0.15) is 10.8 Å². The summed E-state index contributed by atoms with van der Waals surface area (Å²) in [5, 5.41) is 7.53. The molecule has 2 aromatic carbocycles. The fraction of sp³-hybridized carbons (Fsp3) is 0.367. The summed E-state index contributed by atoms with van der Waals surface area (Å²) >= 11 is 1.01. The van der Waals surface area contributed by atoms with Gasteiger partial charge in [-0.15, -0.1) is 11.3 Å². The average Bonchev–Trinajstić information content (AvgIpc) is 3.47. The molecule has 0 saturated heterocycles. The molecule has 1 fully saturated rings. The molecule has 0 bridgehead atoms. The van der Waals surface area contributed by atoms with E-state index in [-0.39, 0.29) is 35.4 Å². The topological polar surface area (TPSA) is 148 Å². The molecule has 0 aliphatic heterocycles. The third kappa shape index (κ3) is 7.71. The standard InChI is InChI=1S/C30H31FN4O6S2/c1-17(2)24-13-23(41-35-24)15-33-28(37)20-7-10-26-25(12-20)34-30(42-26)27(29(38)32-14-22(36)11-18-3-4-18)43(39,40)16-19-5-8-21(31)9-6-19/h5-10,12-13,17-18,27H,3-4,11,14-16H2,1-2H3,(H,32,38)(H,33,37). The number of nitrogens with one attached hydrogen (secondary N) is 2. The molecule has 1 atom stereocenters. The first-order valence-electron chi connectivity index (χ1n) is 13.9. The van der Waals surface area contributed by atoms with E-state index < -0.39 is 38.5 Å². The van der Waals surface area contributed by atoms with Crippen molar-refractivity contribution in [2.45, 2.75) is 56.6 Å². The molecule has 1 unspecified atom stereocenters. The van der Waals surface area contributed by atoms with E-state index in [2.05, 4.69) is 20.8 Å². The van der Waals surface area contributed by atoms with Crippen LogP contribution in [0.5, 0.6) is 0 Å². The fourth-order valence-electron chi connectivity index (χ4n) is 4.47. The molecule has 2 heterocycles. The third-order valence-electron chi connectivity index (χ3n) is 7.03. The Morgan fingerprint density at radius 3 is 2.49 bits per heavy atom. The second-order valence-electron chi connectivity index (χ2n) is 11.0. The zero-order valence-electron chi connectivity index (χ0n) is 23.6. The molecule has 13 heteroatoms. The zero-order valence-corrected chi connectivity index (χ0v) is 25.3. The van der Waals surface area contributed by atoms with Crippen molar-refractivity contribution in [3.05, 3.63) is 81.9 Å². The van der Waals surface area contributed by atoms with Gasteiger partial charge >= 0.3 is 0 Å². The first-order valence-corrected chi connectivity index (χ1v) is 16.4. The molecule has 2 aromatic heterocycles. The molecule has 2 N–H and O–H groups in total. The Balaban J connectivity index is 1.37. The van der Waals surface area contributed by atoms with Gasteiger partial charge in [0.05, 0.1) is 34.8 Å². The molecule has 1 aliphatic rings. The van der Waals surface area contributed by atoms with E-state index in [1.807, 2.05) is 13.8 Å². The van der Waals surface area contributed by atoms with E-state index in [1.165, 1.54) is 18.2 Å². The molecular formula is C30H31FN4O6S2. The number of hydrogen-bond donors (Lipinski definition) is 2. The van der Waals surface area contributed by atoms with Gasteiger partial charge in [0.25, 0.3) is 5.91 Å². The molecule has 0 radical (unpaired) electrons. The number of carbonyl (C=O) groups excluding carboxylic acids is 3. The molecule has 0 spiro atoms. The second kappa shape index (κ2) is 12.7. The van der Waals surface area contributed by atoms with Crippen LogP contribution in [0.15, 0.2) is 53.1 Å². The van der Waals surface area contributed by atoms with Crippen LogP contribution < -0.4 is 10.6 Å². The number of sulfone groups is 1. The Hall–Kier alpha value is -3.97. The predicted molar refractivity (Wildman–Crippen MR) is 159 cm³/mol. The Morgan fingerprint density at radius 1 is 1.07 bits per heavy atom. The van der Waals surface area contributed by atoms with E-state index in [0.29, 0.717) is 33.9 Å². The first-order chi connectivity index (χ1) is 20.5. The predicted octanol–water partition coefficient (Wildman–Crippen LogP) is 4.62. The van der Waals surface area contributed by atoms with E-state index in [0.717, 1.165) is 42.0 Å². The minimum Gasteiger partial charge on any atom is -0.359 e. The molecule has 1 aliphatic carbocycles. The van der Waals surface area contributed by atoms with Gasteiger partial charge in [-0.25, -0.2) is 17.8 Å². The van der Waals surface area contributed by atoms with Gasteiger partial charge in [0.15, 0.2) is 26.6 Å². The van der Waals surface area contributed by atoms with E-state index >= 15 is 0 Å².